The van der Waals surface area contributed by atoms with E-state index in [1.807, 2.05) is 18.2 Å². The minimum atomic E-state index is -0.442. The molecule has 0 aliphatic heterocycles. The van der Waals surface area contributed by atoms with E-state index in [0.29, 0.717) is 22.2 Å². The van der Waals surface area contributed by atoms with Crippen molar-refractivity contribution >= 4 is 50.6 Å². The van der Waals surface area contributed by atoms with E-state index >= 15 is 0 Å². The van der Waals surface area contributed by atoms with Crippen LogP contribution in [0, 0.1) is 10.1 Å². The Kier molecular flexibility index (Phi) is 5.61. The van der Waals surface area contributed by atoms with Crippen molar-refractivity contribution in [1.82, 2.24) is 4.98 Å². The van der Waals surface area contributed by atoms with Gasteiger partial charge in [-0.15, -0.1) is 0 Å². The smallest absolute Gasteiger partial charge is 0.338 e. The van der Waals surface area contributed by atoms with Crippen molar-refractivity contribution in [3.8, 4) is 0 Å². The van der Waals surface area contributed by atoms with E-state index in [2.05, 4.69) is 20.9 Å². The summed E-state index contributed by atoms with van der Waals surface area (Å²) in [5, 5.41) is 11.4. The van der Waals surface area contributed by atoms with Crippen molar-refractivity contribution in [2.24, 2.45) is 0 Å². The first-order valence-corrected chi connectivity index (χ1v) is 8.97. The summed E-state index contributed by atoms with van der Waals surface area (Å²) in [6.07, 6.45) is 3.54. The second kappa shape index (κ2) is 8.09. The lowest BCUT2D eigenvalue weighted by Crippen LogP contribution is -2.06. The molecule has 0 N–H and O–H groups in total. The van der Waals surface area contributed by atoms with Crippen LogP contribution in [-0.2, 0) is 4.74 Å². The molecular weight excluding hydrogens is 412 g/mol. The molecule has 0 spiro atoms. The number of esters is 1. The van der Waals surface area contributed by atoms with Gasteiger partial charge in [-0.25, -0.2) is 9.78 Å². The van der Waals surface area contributed by atoms with Crippen LogP contribution in [0.5, 0.6) is 0 Å². The highest BCUT2D eigenvalue weighted by Gasteiger charge is 2.14. The van der Waals surface area contributed by atoms with Gasteiger partial charge in [0.2, 0.25) is 0 Å². The van der Waals surface area contributed by atoms with Gasteiger partial charge in [-0.1, -0.05) is 22.0 Å². The summed E-state index contributed by atoms with van der Waals surface area (Å²) >= 11 is 3.41. The molecule has 0 bridgehead atoms. The summed E-state index contributed by atoms with van der Waals surface area (Å²) in [6, 6.07) is 13.4. The number of hydrogen-bond acceptors (Lipinski definition) is 5. The number of nitrogens with zero attached hydrogens (tertiary/aromatic N) is 2. The Balaban J connectivity index is 2.00. The minimum Gasteiger partial charge on any atom is -0.462 e. The van der Waals surface area contributed by atoms with Crippen molar-refractivity contribution in [2.75, 3.05) is 6.61 Å². The molecule has 0 fully saturated rings. The van der Waals surface area contributed by atoms with Crippen LogP contribution in [0.15, 0.2) is 53.0 Å². The SMILES string of the molecule is CCOC(=O)c1cc(C=Cc2ccc([N+](=O)[O-])cc2)nc2ccc(Br)cc12. The standard InChI is InChI=1S/C20H15BrN2O4/c1-2-27-20(24)18-12-15(22-19-10-6-14(21)11-17(18)19)7-3-13-4-8-16(9-5-13)23(25)26/h3-12H,2H2,1H3. The van der Waals surface area contributed by atoms with Crippen molar-refractivity contribution in [2.45, 2.75) is 6.92 Å². The Morgan fingerprint density at radius 3 is 2.59 bits per heavy atom. The molecule has 3 rings (SSSR count). The van der Waals surface area contributed by atoms with Gasteiger partial charge in [0.15, 0.2) is 0 Å². The number of benzene rings is 2. The molecule has 1 heterocycles. The van der Waals surface area contributed by atoms with E-state index in [1.54, 1.807) is 37.3 Å². The van der Waals surface area contributed by atoms with Gasteiger partial charge in [0.1, 0.15) is 0 Å². The number of non-ortho nitro benzene ring substituents is 1. The van der Waals surface area contributed by atoms with Crippen LogP contribution in [0.4, 0.5) is 5.69 Å². The highest BCUT2D eigenvalue weighted by atomic mass is 79.9. The molecule has 3 aromatic rings. The second-order valence-corrected chi connectivity index (χ2v) is 6.57. The van der Waals surface area contributed by atoms with E-state index < -0.39 is 10.9 Å². The van der Waals surface area contributed by atoms with Crippen molar-refractivity contribution in [1.29, 1.82) is 0 Å². The Bertz CT molecular complexity index is 1050. The van der Waals surface area contributed by atoms with Crippen LogP contribution in [0.25, 0.3) is 23.1 Å². The quantitative estimate of drug-likeness (QED) is 0.316. The summed E-state index contributed by atoms with van der Waals surface area (Å²) in [4.78, 5) is 27.2. The molecule has 6 nitrogen and oxygen atoms in total. The van der Waals surface area contributed by atoms with E-state index in [-0.39, 0.29) is 12.3 Å². The fourth-order valence-corrected chi connectivity index (χ4v) is 2.93. The highest BCUT2D eigenvalue weighted by molar-refractivity contribution is 9.10. The number of carbonyl (C=O) groups is 1. The van der Waals surface area contributed by atoms with Gasteiger partial charge >= 0.3 is 5.97 Å². The first kappa shape index (κ1) is 18.7. The molecular formula is C20H15BrN2O4. The van der Waals surface area contributed by atoms with E-state index in [1.165, 1.54) is 12.1 Å². The zero-order valence-electron chi connectivity index (χ0n) is 14.4. The molecule has 7 heteroatoms. The number of halogens is 1. The third-order valence-corrected chi connectivity index (χ3v) is 4.33. The third-order valence-electron chi connectivity index (χ3n) is 3.84. The second-order valence-electron chi connectivity index (χ2n) is 5.66. The molecule has 27 heavy (non-hydrogen) atoms. The maximum Gasteiger partial charge on any atom is 0.338 e. The number of carbonyl (C=O) groups excluding carboxylic acids is 1. The Morgan fingerprint density at radius 2 is 1.93 bits per heavy atom. The molecule has 0 unspecified atom stereocenters. The molecule has 1 aromatic heterocycles. The average molecular weight is 427 g/mol. The zero-order chi connectivity index (χ0) is 19.4. The van der Waals surface area contributed by atoms with Crippen LogP contribution >= 0.6 is 15.9 Å². The lowest BCUT2D eigenvalue weighted by atomic mass is 10.1. The number of aromatic nitrogens is 1. The van der Waals surface area contributed by atoms with Crippen molar-refractivity contribution in [3.05, 3.63) is 79.9 Å². The van der Waals surface area contributed by atoms with Crippen LogP contribution in [0.1, 0.15) is 28.5 Å². The normalized spacial score (nSPS) is 11.0. The third kappa shape index (κ3) is 4.38. The highest BCUT2D eigenvalue weighted by Crippen LogP contribution is 2.24. The van der Waals surface area contributed by atoms with E-state index in [0.717, 1.165) is 10.0 Å². The maximum absolute atomic E-state index is 12.3. The lowest BCUT2D eigenvalue weighted by Gasteiger charge is -2.08. The van der Waals surface area contributed by atoms with Gasteiger partial charge in [-0.3, -0.25) is 10.1 Å². The Morgan fingerprint density at radius 1 is 1.19 bits per heavy atom. The monoisotopic (exact) mass is 426 g/mol. The van der Waals surface area contributed by atoms with E-state index in [9.17, 15) is 14.9 Å². The van der Waals surface area contributed by atoms with Gasteiger partial charge in [0.25, 0.3) is 5.69 Å². The van der Waals surface area contributed by atoms with Crippen LogP contribution < -0.4 is 0 Å². The largest absolute Gasteiger partial charge is 0.462 e. The molecule has 0 aliphatic carbocycles. The number of nitro groups is 1. The van der Waals surface area contributed by atoms with Crippen LogP contribution in [0.3, 0.4) is 0 Å². The van der Waals surface area contributed by atoms with Crippen molar-refractivity contribution in [3.63, 3.8) is 0 Å². The molecule has 0 saturated heterocycles. The lowest BCUT2D eigenvalue weighted by molar-refractivity contribution is -0.384. The topological polar surface area (TPSA) is 82.3 Å². The Labute approximate surface area is 163 Å². The maximum atomic E-state index is 12.3. The summed E-state index contributed by atoms with van der Waals surface area (Å²) in [5.41, 5.74) is 2.52. The summed E-state index contributed by atoms with van der Waals surface area (Å²) in [7, 11) is 0. The number of rotatable bonds is 5. The van der Waals surface area contributed by atoms with Gasteiger partial charge in [0, 0.05) is 22.0 Å². The molecule has 136 valence electrons. The average Bonchev–Trinajstić information content (AvgIpc) is 2.66. The van der Waals surface area contributed by atoms with Crippen molar-refractivity contribution < 1.29 is 14.5 Å². The number of ether oxygens (including phenoxy) is 1. The summed E-state index contributed by atoms with van der Waals surface area (Å²) in [5.74, 6) is -0.409. The van der Waals surface area contributed by atoms with Gasteiger partial charge in [-0.2, -0.15) is 0 Å². The number of pyridine rings is 1. The first-order chi connectivity index (χ1) is 13.0. The fourth-order valence-electron chi connectivity index (χ4n) is 2.57. The zero-order valence-corrected chi connectivity index (χ0v) is 16.0. The number of nitro benzene ring substituents is 1. The molecule has 0 atom stereocenters. The van der Waals surface area contributed by atoms with Gasteiger partial charge in [-0.05, 0) is 55.0 Å². The van der Waals surface area contributed by atoms with Gasteiger partial charge in [0.05, 0.1) is 28.3 Å². The molecule has 0 amide bonds. The summed E-state index contributed by atoms with van der Waals surface area (Å²) in [6.45, 7) is 2.04. The molecule has 0 saturated carbocycles. The number of hydrogen-bond donors (Lipinski definition) is 0. The van der Waals surface area contributed by atoms with Crippen LogP contribution in [-0.4, -0.2) is 22.5 Å². The van der Waals surface area contributed by atoms with E-state index in [4.69, 9.17) is 4.74 Å². The van der Waals surface area contributed by atoms with Gasteiger partial charge < -0.3 is 4.74 Å². The summed E-state index contributed by atoms with van der Waals surface area (Å²) < 4.78 is 6.00. The number of fused-ring (bicyclic) bond motifs is 1. The molecule has 0 radical (unpaired) electrons. The first-order valence-electron chi connectivity index (χ1n) is 8.18. The molecule has 2 aromatic carbocycles. The van der Waals surface area contributed by atoms with Crippen LogP contribution in [0.2, 0.25) is 0 Å². The Hall–Kier alpha value is -3.06. The predicted molar refractivity (Wildman–Crippen MR) is 107 cm³/mol. The minimum absolute atomic E-state index is 0.0335. The predicted octanol–water partition coefficient (Wildman–Crippen LogP) is 5.25. The molecule has 0 aliphatic rings. The fraction of sp³-hybridized carbons (Fsp3) is 0.100.